The van der Waals surface area contributed by atoms with Gasteiger partial charge >= 0.3 is 0 Å². The first-order valence-electron chi connectivity index (χ1n) is 7.63. The summed E-state index contributed by atoms with van der Waals surface area (Å²) in [5.74, 6) is 0.449. The van der Waals surface area contributed by atoms with Gasteiger partial charge in [-0.3, -0.25) is 4.79 Å². The maximum Gasteiger partial charge on any atom is 0.225 e. The van der Waals surface area contributed by atoms with Crippen LogP contribution in [0, 0.1) is 0 Å². The second-order valence-corrected chi connectivity index (χ2v) is 5.91. The SMILES string of the molecule is COc1cc(NC(=O)CCN2CCCCC2)c(Cl)cc1CO. The molecule has 22 heavy (non-hydrogen) atoms. The van der Waals surface area contributed by atoms with E-state index in [1.54, 1.807) is 12.1 Å². The zero-order valence-electron chi connectivity index (χ0n) is 12.9. The van der Waals surface area contributed by atoms with Gasteiger partial charge in [0.2, 0.25) is 5.91 Å². The molecule has 1 heterocycles. The van der Waals surface area contributed by atoms with Gasteiger partial charge in [0, 0.05) is 24.6 Å². The highest BCUT2D eigenvalue weighted by molar-refractivity contribution is 6.33. The molecule has 0 aliphatic carbocycles. The molecule has 0 saturated carbocycles. The van der Waals surface area contributed by atoms with Crippen molar-refractivity contribution in [2.24, 2.45) is 0 Å². The average Bonchev–Trinajstić information content (AvgIpc) is 2.55. The van der Waals surface area contributed by atoms with Gasteiger partial charge in [-0.2, -0.15) is 0 Å². The Balaban J connectivity index is 1.93. The number of carbonyl (C=O) groups is 1. The fourth-order valence-corrected chi connectivity index (χ4v) is 2.89. The Morgan fingerprint density at radius 1 is 1.36 bits per heavy atom. The number of piperidine rings is 1. The third-order valence-electron chi connectivity index (χ3n) is 3.92. The molecule has 1 amide bonds. The first-order valence-corrected chi connectivity index (χ1v) is 8.01. The second-order valence-electron chi connectivity index (χ2n) is 5.50. The Bertz CT molecular complexity index is 516. The normalized spacial score (nSPS) is 15.6. The third-order valence-corrected chi connectivity index (χ3v) is 4.23. The van der Waals surface area contributed by atoms with E-state index in [2.05, 4.69) is 10.2 Å². The molecule has 5 nitrogen and oxygen atoms in total. The largest absolute Gasteiger partial charge is 0.496 e. The summed E-state index contributed by atoms with van der Waals surface area (Å²) in [5.41, 5.74) is 1.11. The number of anilines is 1. The van der Waals surface area contributed by atoms with Gasteiger partial charge < -0.3 is 20.1 Å². The van der Waals surface area contributed by atoms with Crippen LogP contribution in [0.25, 0.3) is 0 Å². The highest BCUT2D eigenvalue weighted by Gasteiger charge is 2.14. The second kappa shape index (κ2) is 8.36. The number of nitrogens with zero attached hydrogens (tertiary/aromatic N) is 1. The number of halogens is 1. The van der Waals surface area contributed by atoms with Crippen molar-refractivity contribution in [3.63, 3.8) is 0 Å². The van der Waals surface area contributed by atoms with Crippen LogP contribution in [0.4, 0.5) is 5.69 Å². The van der Waals surface area contributed by atoms with Gasteiger partial charge in [-0.15, -0.1) is 0 Å². The number of benzene rings is 1. The van der Waals surface area contributed by atoms with E-state index in [1.165, 1.54) is 26.4 Å². The van der Waals surface area contributed by atoms with Crippen LogP contribution in [0.15, 0.2) is 12.1 Å². The number of hydrogen-bond donors (Lipinski definition) is 2. The van der Waals surface area contributed by atoms with Crippen molar-refractivity contribution in [3.8, 4) is 5.75 Å². The van der Waals surface area contributed by atoms with Crippen molar-refractivity contribution >= 4 is 23.2 Å². The van der Waals surface area contributed by atoms with E-state index in [0.717, 1.165) is 19.6 Å². The molecule has 1 saturated heterocycles. The number of aliphatic hydroxyl groups is 1. The highest BCUT2D eigenvalue weighted by atomic mass is 35.5. The Labute approximate surface area is 136 Å². The lowest BCUT2D eigenvalue weighted by Crippen LogP contribution is -2.32. The van der Waals surface area contributed by atoms with E-state index < -0.39 is 0 Å². The smallest absolute Gasteiger partial charge is 0.225 e. The van der Waals surface area contributed by atoms with Crippen molar-refractivity contribution in [3.05, 3.63) is 22.7 Å². The van der Waals surface area contributed by atoms with E-state index >= 15 is 0 Å². The Kier molecular flexibility index (Phi) is 6.49. The van der Waals surface area contributed by atoms with Crippen molar-refractivity contribution in [1.82, 2.24) is 4.90 Å². The van der Waals surface area contributed by atoms with Crippen LogP contribution >= 0.6 is 11.6 Å². The summed E-state index contributed by atoms with van der Waals surface area (Å²) in [6, 6.07) is 3.26. The molecule has 0 aromatic heterocycles. The minimum atomic E-state index is -0.161. The lowest BCUT2D eigenvalue weighted by molar-refractivity contribution is -0.116. The summed E-state index contributed by atoms with van der Waals surface area (Å²) in [7, 11) is 1.52. The number of aliphatic hydroxyl groups excluding tert-OH is 1. The zero-order valence-corrected chi connectivity index (χ0v) is 13.7. The lowest BCUT2D eigenvalue weighted by atomic mass is 10.1. The number of carbonyl (C=O) groups excluding carboxylic acids is 1. The van der Waals surface area contributed by atoms with E-state index in [9.17, 15) is 9.90 Å². The standard InChI is InChI=1S/C16H23ClN2O3/c1-22-15-10-14(13(17)9-12(15)11-20)18-16(21)5-8-19-6-3-2-4-7-19/h9-10,20H,2-8,11H2,1H3,(H,18,21). The van der Waals surface area contributed by atoms with Gasteiger partial charge in [0.15, 0.2) is 0 Å². The van der Waals surface area contributed by atoms with Crippen molar-refractivity contribution in [2.75, 3.05) is 32.1 Å². The van der Waals surface area contributed by atoms with Crippen LogP contribution in [0.5, 0.6) is 5.75 Å². The molecule has 1 aliphatic rings. The summed E-state index contributed by atoms with van der Waals surface area (Å²) in [6.07, 6.45) is 4.16. The van der Waals surface area contributed by atoms with Crippen LogP contribution in [-0.4, -0.2) is 42.7 Å². The van der Waals surface area contributed by atoms with E-state index in [4.69, 9.17) is 16.3 Å². The fraction of sp³-hybridized carbons (Fsp3) is 0.562. The minimum absolute atomic E-state index is 0.0636. The number of methoxy groups -OCH3 is 1. The van der Waals surface area contributed by atoms with Gasteiger partial charge in [-0.05, 0) is 32.0 Å². The molecular weight excluding hydrogens is 304 g/mol. The van der Waals surface area contributed by atoms with Crippen LogP contribution in [0.2, 0.25) is 5.02 Å². The molecule has 2 rings (SSSR count). The number of nitrogens with one attached hydrogen (secondary N) is 1. The molecule has 122 valence electrons. The predicted molar refractivity (Wildman–Crippen MR) is 87.5 cm³/mol. The first kappa shape index (κ1) is 17.1. The number of ether oxygens (including phenoxy) is 1. The van der Waals surface area contributed by atoms with Gasteiger partial charge in [0.1, 0.15) is 5.75 Å². The van der Waals surface area contributed by atoms with Crippen molar-refractivity contribution in [2.45, 2.75) is 32.3 Å². The molecule has 1 aromatic rings. The first-order chi connectivity index (χ1) is 10.6. The maximum absolute atomic E-state index is 12.1. The summed E-state index contributed by atoms with van der Waals surface area (Å²) in [6.45, 7) is 2.77. The molecule has 1 aliphatic heterocycles. The van der Waals surface area contributed by atoms with Crippen LogP contribution in [0.1, 0.15) is 31.2 Å². The third kappa shape index (κ3) is 4.60. The Morgan fingerprint density at radius 2 is 2.09 bits per heavy atom. The molecule has 2 N–H and O–H groups in total. The van der Waals surface area contributed by atoms with Gasteiger partial charge in [0.05, 0.1) is 24.4 Å². The summed E-state index contributed by atoms with van der Waals surface area (Å²) < 4.78 is 5.19. The lowest BCUT2D eigenvalue weighted by Gasteiger charge is -2.26. The van der Waals surface area contributed by atoms with Crippen molar-refractivity contribution in [1.29, 1.82) is 0 Å². The molecule has 1 fully saturated rings. The highest BCUT2D eigenvalue weighted by Crippen LogP contribution is 2.31. The van der Waals surface area contributed by atoms with Crippen molar-refractivity contribution < 1.29 is 14.6 Å². The molecule has 0 spiro atoms. The fourth-order valence-electron chi connectivity index (χ4n) is 2.66. The summed E-state index contributed by atoms with van der Waals surface area (Å²) in [4.78, 5) is 14.4. The summed E-state index contributed by atoms with van der Waals surface area (Å²) in [5, 5.41) is 12.5. The Morgan fingerprint density at radius 3 is 2.73 bits per heavy atom. The number of rotatable bonds is 6. The van der Waals surface area contributed by atoms with Gasteiger partial charge in [0.25, 0.3) is 0 Å². The monoisotopic (exact) mass is 326 g/mol. The molecule has 0 bridgehead atoms. The molecule has 6 heteroatoms. The predicted octanol–water partition coefficient (Wildman–Crippen LogP) is 2.66. The quantitative estimate of drug-likeness (QED) is 0.843. The number of likely N-dealkylation sites (tertiary alicyclic amines) is 1. The number of amides is 1. The van der Waals surface area contributed by atoms with E-state index in [1.807, 2.05) is 0 Å². The van der Waals surface area contributed by atoms with Gasteiger partial charge in [-0.25, -0.2) is 0 Å². The molecule has 0 radical (unpaired) electrons. The average molecular weight is 327 g/mol. The molecule has 0 unspecified atom stereocenters. The Hall–Kier alpha value is -1.30. The van der Waals surface area contributed by atoms with Gasteiger partial charge in [-0.1, -0.05) is 18.0 Å². The summed E-state index contributed by atoms with van der Waals surface area (Å²) >= 11 is 6.14. The van der Waals surface area contributed by atoms with Crippen LogP contribution in [0.3, 0.4) is 0 Å². The van der Waals surface area contributed by atoms with E-state index in [-0.39, 0.29) is 12.5 Å². The number of hydrogen-bond acceptors (Lipinski definition) is 4. The zero-order chi connectivity index (χ0) is 15.9. The molecule has 0 atom stereocenters. The topological polar surface area (TPSA) is 61.8 Å². The minimum Gasteiger partial charge on any atom is -0.496 e. The maximum atomic E-state index is 12.1. The van der Waals surface area contributed by atoms with E-state index in [0.29, 0.717) is 28.4 Å². The molecule has 1 aromatic carbocycles. The van der Waals surface area contributed by atoms with Crippen LogP contribution in [-0.2, 0) is 11.4 Å². The molecular formula is C16H23ClN2O3. The van der Waals surface area contributed by atoms with Crippen LogP contribution < -0.4 is 10.1 Å².